The summed E-state index contributed by atoms with van der Waals surface area (Å²) < 4.78 is 39.0. The molecule has 2 rings (SSSR count). The minimum Gasteiger partial charge on any atom is -0.330 e. The van der Waals surface area contributed by atoms with Gasteiger partial charge in [-0.15, -0.1) is 0 Å². The third-order valence-electron chi connectivity index (χ3n) is 2.91. The maximum atomic E-state index is 13.2. The van der Waals surface area contributed by atoms with E-state index >= 15 is 0 Å². The third-order valence-corrected chi connectivity index (χ3v) is 5.24. The van der Waals surface area contributed by atoms with E-state index in [0.717, 1.165) is 0 Å². The Labute approximate surface area is 107 Å². The smallest absolute Gasteiger partial charge is 0.238 e. The first-order valence-electron chi connectivity index (χ1n) is 6.03. The zero-order valence-electron chi connectivity index (χ0n) is 10.0. The van der Waals surface area contributed by atoms with Crippen molar-refractivity contribution < 1.29 is 12.8 Å². The average Bonchev–Trinajstić information content (AvgIpc) is 3.13. The summed E-state index contributed by atoms with van der Waals surface area (Å²) in [7, 11) is -3.36. The van der Waals surface area contributed by atoms with Crippen molar-refractivity contribution in [1.29, 1.82) is 0 Å². The van der Waals surface area contributed by atoms with E-state index in [1.165, 1.54) is 22.5 Å². The molecule has 6 heteroatoms. The van der Waals surface area contributed by atoms with Crippen molar-refractivity contribution in [3.8, 4) is 0 Å². The highest BCUT2D eigenvalue weighted by Gasteiger charge is 2.40. The van der Waals surface area contributed by atoms with Crippen LogP contribution in [0.5, 0.6) is 0 Å². The van der Waals surface area contributed by atoms with Crippen LogP contribution in [0, 0.1) is 5.82 Å². The molecule has 1 saturated carbocycles. The highest BCUT2D eigenvalue weighted by molar-refractivity contribution is 7.93. The summed E-state index contributed by atoms with van der Waals surface area (Å²) in [5.74, 6) is -0.434. The zero-order valence-corrected chi connectivity index (χ0v) is 10.9. The summed E-state index contributed by atoms with van der Waals surface area (Å²) in [5, 5.41) is -0.307. The second-order valence-electron chi connectivity index (χ2n) is 4.44. The van der Waals surface area contributed by atoms with Gasteiger partial charge in [0.15, 0.2) is 0 Å². The Morgan fingerprint density at radius 3 is 2.67 bits per heavy atom. The van der Waals surface area contributed by atoms with Crippen molar-refractivity contribution in [2.75, 3.05) is 17.4 Å². The summed E-state index contributed by atoms with van der Waals surface area (Å²) in [5.41, 5.74) is 5.81. The highest BCUT2D eigenvalue weighted by atomic mass is 32.2. The molecular formula is C12H17FN2O2S. The molecule has 0 saturated heterocycles. The van der Waals surface area contributed by atoms with E-state index in [-0.39, 0.29) is 5.25 Å². The van der Waals surface area contributed by atoms with E-state index in [2.05, 4.69) is 0 Å². The molecule has 0 aliphatic heterocycles. The standard InChI is InChI=1S/C12H17FN2O2S/c13-10-3-1-4-11(9-10)15(8-2-7-14)18(16,17)12-5-6-12/h1,3-4,9,12H,2,5-8,14H2. The lowest BCUT2D eigenvalue weighted by Crippen LogP contribution is -2.35. The van der Waals surface area contributed by atoms with Gasteiger partial charge < -0.3 is 5.73 Å². The molecule has 0 aromatic heterocycles. The number of rotatable bonds is 6. The number of nitrogens with two attached hydrogens (primary N) is 1. The van der Waals surface area contributed by atoms with E-state index in [9.17, 15) is 12.8 Å². The molecule has 4 nitrogen and oxygen atoms in total. The Morgan fingerprint density at radius 1 is 1.39 bits per heavy atom. The number of hydrogen-bond donors (Lipinski definition) is 1. The van der Waals surface area contributed by atoms with Crippen molar-refractivity contribution in [2.24, 2.45) is 5.73 Å². The Bertz CT molecular complexity index is 515. The SMILES string of the molecule is NCCCN(c1cccc(F)c1)S(=O)(=O)C1CC1. The van der Waals surface area contributed by atoms with E-state index in [1.54, 1.807) is 6.07 Å². The summed E-state index contributed by atoms with van der Waals surface area (Å²) in [6.45, 7) is 0.713. The number of halogens is 1. The zero-order chi connectivity index (χ0) is 13.2. The summed E-state index contributed by atoms with van der Waals surface area (Å²) in [4.78, 5) is 0. The van der Waals surface area contributed by atoms with Crippen LogP contribution in [0.15, 0.2) is 24.3 Å². The van der Waals surface area contributed by atoms with Crippen molar-refractivity contribution in [2.45, 2.75) is 24.5 Å². The van der Waals surface area contributed by atoms with Crippen LogP contribution in [0.2, 0.25) is 0 Å². The largest absolute Gasteiger partial charge is 0.330 e. The van der Waals surface area contributed by atoms with Gasteiger partial charge in [-0.3, -0.25) is 4.31 Å². The molecule has 1 aromatic rings. The van der Waals surface area contributed by atoms with Gasteiger partial charge in [-0.25, -0.2) is 12.8 Å². The highest BCUT2D eigenvalue weighted by Crippen LogP contribution is 2.33. The minimum absolute atomic E-state index is 0.304. The Morgan fingerprint density at radius 2 is 2.11 bits per heavy atom. The number of benzene rings is 1. The molecule has 2 N–H and O–H groups in total. The molecule has 1 aliphatic rings. The van der Waals surface area contributed by atoms with E-state index in [4.69, 9.17) is 5.73 Å². The summed E-state index contributed by atoms with van der Waals surface area (Å²) in [6.07, 6.45) is 1.94. The number of hydrogen-bond acceptors (Lipinski definition) is 3. The number of anilines is 1. The Hall–Kier alpha value is -1.14. The van der Waals surface area contributed by atoms with Gasteiger partial charge in [0.2, 0.25) is 10.0 Å². The van der Waals surface area contributed by atoms with Crippen LogP contribution >= 0.6 is 0 Å². The fourth-order valence-corrected chi connectivity index (χ4v) is 3.70. The molecule has 0 spiro atoms. The molecular weight excluding hydrogens is 255 g/mol. The first-order chi connectivity index (χ1) is 8.55. The van der Waals surface area contributed by atoms with Gasteiger partial charge >= 0.3 is 0 Å². The Balaban J connectivity index is 2.30. The van der Waals surface area contributed by atoms with Crippen molar-refractivity contribution in [3.05, 3.63) is 30.1 Å². The lowest BCUT2D eigenvalue weighted by atomic mass is 10.3. The van der Waals surface area contributed by atoms with Crippen LogP contribution < -0.4 is 10.0 Å². The molecule has 100 valence electrons. The summed E-state index contributed by atoms with van der Waals surface area (Å²) >= 11 is 0. The van der Waals surface area contributed by atoms with Gasteiger partial charge in [0, 0.05) is 6.54 Å². The quantitative estimate of drug-likeness (QED) is 0.853. The molecule has 0 atom stereocenters. The van der Waals surface area contributed by atoms with Crippen molar-refractivity contribution in [1.82, 2.24) is 0 Å². The van der Waals surface area contributed by atoms with Gasteiger partial charge in [-0.1, -0.05) is 6.07 Å². The predicted octanol–water partition coefficient (Wildman–Crippen LogP) is 1.47. The summed E-state index contributed by atoms with van der Waals surface area (Å²) in [6, 6.07) is 5.67. The van der Waals surface area contributed by atoms with Crippen molar-refractivity contribution >= 4 is 15.7 Å². The molecule has 0 amide bonds. The van der Waals surface area contributed by atoms with Gasteiger partial charge in [0.1, 0.15) is 5.82 Å². The van der Waals surface area contributed by atoms with Gasteiger partial charge in [-0.05, 0) is 44.0 Å². The van der Waals surface area contributed by atoms with Crippen LogP contribution in [0.3, 0.4) is 0 Å². The van der Waals surface area contributed by atoms with Crippen LogP contribution in [-0.4, -0.2) is 26.8 Å². The first-order valence-corrected chi connectivity index (χ1v) is 7.53. The fourth-order valence-electron chi connectivity index (χ4n) is 1.82. The molecule has 1 aliphatic carbocycles. The molecule has 0 heterocycles. The second kappa shape index (κ2) is 5.24. The lowest BCUT2D eigenvalue weighted by molar-refractivity contribution is 0.587. The van der Waals surface area contributed by atoms with Crippen LogP contribution in [0.25, 0.3) is 0 Å². The third kappa shape index (κ3) is 2.81. The number of sulfonamides is 1. The van der Waals surface area contributed by atoms with Crippen LogP contribution in [-0.2, 0) is 10.0 Å². The molecule has 1 fully saturated rings. The van der Waals surface area contributed by atoms with E-state index in [0.29, 0.717) is 38.0 Å². The van der Waals surface area contributed by atoms with Crippen molar-refractivity contribution in [3.63, 3.8) is 0 Å². The van der Waals surface area contributed by atoms with Gasteiger partial charge in [0.25, 0.3) is 0 Å². The second-order valence-corrected chi connectivity index (χ2v) is 6.58. The van der Waals surface area contributed by atoms with Crippen LogP contribution in [0.1, 0.15) is 19.3 Å². The fraction of sp³-hybridized carbons (Fsp3) is 0.500. The van der Waals surface area contributed by atoms with E-state index in [1.807, 2.05) is 0 Å². The Kier molecular flexibility index (Phi) is 3.87. The number of nitrogens with zero attached hydrogens (tertiary/aromatic N) is 1. The van der Waals surface area contributed by atoms with Gasteiger partial charge in [0.05, 0.1) is 10.9 Å². The molecule has 0 radical (unpaired) electrons. The maximum absolute atomic E-state index is 13.2. The monoisotopic (exact) mass is 272 g/mol. The molecule has 1 aromatic carbocycles. The average molecular weight is 272 g/mol. The molecule has 18 heavy (non-hydrogen) atoms. The molecule has 0 bridgehead atoms. The topological polar surface area (TPSA) is 63.4 Å². The van der Waals surface area contributed by atoms with Crippen LogP contribution in [0.4, 0.5) is 10.1 Å². The lowest BCUT2D eigenvalue weighted by Gasteiger charge is -2.24. The first kappa shape index (κ1) is 13.3. The van der Waals surface area contributed by atoms with Gasteiger partial charge in [-0.2, -0.15) is 0 Å². The minimum atomic E-state index is -3.36. The van der Waals surface area contributed by atoms with E-state index < -0.39 is 15.8 Å². The predicted molar refractivity (Wildman–Crippen MR) is 69.4 cm³/mol. The normalized spacial score (nSPS) is 15.7. The maximum Gasteiger partial charge on any atom is 0.238 e. The molecule has 0 unspecified atom stereocenters.